The highest BCUT2D eigenvalue weighted by Gasteiger charge is 2.29. The van der Waals surface area contributed by atoms with E-state index in [-0.39, 0.29) is 14.0 Å². The maximum Gasteiger partial charge on any atom is 0.333 e. The second kappa shape index (κ2) is 7.46. The monoisotopic (exact) mass is 279 g/mol. The molecule has 0 fully saturated rings. The van der Waals surface area contributed by atoms with E-state index in [1.54, 1.807) is 0 Å². The Bertz CT molecular complexity index is 482. The Balaban J connectivity index is 2.25. The van der Waals surface area contributed by atoms with E-state index in [1.165, 1.54) is 10.9 Å². The number of benzene rings is 2. The lowest BCUT2D eigenvalue weighted by molar-refractivity contribution is 0.618. The maximum absolute atomic E-state index is 3.74. The van der Waals surface area contributed by atoms with Crippen LogP contribution in [0.4, 0.5) is 0 Å². The highest BCUT2D eigenvalue weighted by atomic mass is 15.1. The SMILES string of the molecule is CN(C)B(NB(c1ccccc1)N(C)C)c1ccccc1. The number of hydrogen-bond acceptors (Lipinski definition) is 3. The van der Waals surface area contributed by atoms with Crippen LogP contribution in [0.5, 0.6) is 0 Å². The van der Waals surface area contributed by atoms with E-state index in [2.05, 4.69) is 104 Å². The van der Waals surface area contributed by atoms with E-state index in [0.717, 1.165) is 0 Å². The molecule has 0 aliphatic rings. The minimum Gasteiger partial charge on any atom is -0.361 e. The van der Waals surface area contributed by atoms with Crippen molar-refractivity contribution in [3.8, 4) is 0 Å². The van der Waals surface area contributed by atoms with Crippen LogP contribution in [0.15, 0.2) is 60.7 Å². The van der Waals surface area contributed by atoms with E-state index in [4.69, 9.17) is 0 Å². The lowest BCUT2D eigenvalue weighted by Gasteiger charge is -2.29. The number of hydrogen-bond donors (Lipinski definition) is 1. The van der Waals surface area contributed by atoms with Crippen molar-refractivity contribution in [1.29, 1.82) is 0 Å². The second-order valence-electron chi connectivity index (χ2n) is 5.72. The Morgan fingerprint density at radius 2 is 0.952 bits per heavy atom. The first-order valence-corrected chi connectivity index (χ1v) is 7.28. The minimum atomic E-state index is 0.166. The predicted molar refractivity (Wildman–Crippen MR) is 94.2 cm³/mol. The van der Waals surface area contributed by atoms with Crippen LogP contribution in [0, 0.1) is 0 Å². The van der Waals surface area contributed by atoms with Crippen molar-refractivity contribution in [3.05, 3.63) is 60.7 Å². The molecule has 1 N–H and O–H groups in total. The van der Waals surface area contributed by atoms with Crippen molar-refractivity contribution in [2.45, 2.75) is 0 Å². The standard InChI is InChI=1S/C16H23B2N3/c1-20(2)17(15-11-7-5-8-12-15)19-18(21(3)4)16-13-9-6-10-14-16/h5-14,19H,1-4H3. The Hall–Kier alpha value is -1.55. The van der Waals surface area contributed by atoms with Gasteiger partial charge in [-0.2, -0.15) is 0 Å². The normalized spacial score (nSPS) is 11.0. The molecule has 0 amide bonds. The molecule has 0 aromatic heterocycles. The van der Waals surface area contributed by atoms with Crippen molar-refractivity contribution in [2.75, 3.05) is 28.2 Å². The van der Waals surface area contributed by atoms with Crippen LogP contribution in [-0.2, 0) is 0 Å². The van der Waals surface area contributed by atoms with E-state index < -0.39 is 0 Å². The van der Waals surface area contributed by atoms with E-state index in [9.17, 15) is 0 Å². The highest BCUT2D eigenvalue weighted by Crippen LogP contribution is 1.94. The lowest BCUT2D eigenvalue weighted by Crippen LogP contribution is -2.67. The third kappa shape index (κ3) is 4.21. The molecule has 0 unspecified atom stereocenters. The van der Waals surface area contributed by atoms with Gasteiger partial charge in [0.05, 0.1) is 0 Å². The molecule has 0 aliphatic heterocycles. The summed E-state index contributed by atoms with van der Waals surface area (Å²) < 4.78 is 0. The van der Waals surface area contributed by atoms with Crippen molar-refractivity contribution in [3.63, 3.8) is 0 Å². The molecule has 0 radical (unpaired) electrons. The topological polar surface area (TPSA) is 18.5 Å². The lowest BCUT2D eigenvalue weighted by atomic mass is 9.55. The van der Waals surface area contributed by atoms with Crippen LogP contribution >= 0.6 is 0 Å². The number of nitrogens with one attached hydrogen (secondary N) is 1. The average Bonchev–Trinajstić information content (AvgIpc) is 2.49. The number of nitrogens with zero attached hydrogens (tertiary/aromatic N) is 2. The fourth-order valence-corrected chi connectivity index (χ4v) is 2.51. The van der Waals surface area contributed by atoms with Gasteiger partial charge in [-0.3, -0.25) is 0 Å². The smallest absolute Gasteiger partial charge is 0.333 e. The zero-order valence-electron chi connectivity index (χ0n) is 13.3. The highest BCUT2D eigenvalue weighted by molar-refractivity contribution is 6.83. The van der Waals surface area contributed by atoms with Gasteiger partial charge in [0.25, 0.3) is 0 Å². The average molecular weight is 279 g/mol. The van der Waals surface area contributed by atoms with Gasteiger partial charge < -0.3 is 14.8 Å². The van der Waals surface area contributed by atoms with Crippen molar-refractivity contribution in [2.24, 2.45) is 0 Å². The summed E-state index contributed by atoms with van der Waals surface area (Å²) in [5.74, 6) is 0. The second-order valence-corrected chi connectivity index (χ2v) is 5.72. The first-order valence-electron chi connectivity index (χ1n) is 7.28. The van der Waals surface area contributed by atoms with E-state index in [1.807, 2.05) is 0 Å². The molecule has 5 heteroatoms. The molecule has 0 bridgehead atoms. The van der Waals surface area contributed by atoms with Crippen LogP contribution in [0.1, 0.15) is 0 Å². The molecule has 0 saturated carbocycles. The third-order valence-electron chi connectivity index (χ3n) is 3.58. The summed E-state index contributed by atoms with van der Waals surface area (Å²) in [5.41, 5.74) is 2.54. The van der Waals surface area contributed by atoms with Gasteiger partial charge in [-0.15, -0.1) is 0 Å². The first-order chi connectivity index (χ1) is 10.1. The summed E-state index contributed by atoms with van der Waals surface area (Å²) in [4.78, 5) is 4.41. The van der Waals surface area contributed by atoms with Gasteiger partial charge in [-0.1, -0.05) is 60.7 Å². The molecule has 0 aliphatic carbocycles. The molecule has 2 aromatic carbocycles. The van der Waals surface area contributed by atoms with Crippen LogP contribution < -0.4 is 16.1 Å². The minimum absolute atomic E-state index is 0.166. The summed E-state index contributed by atoms with van der Waals surface area (Å²) in [6, 6.07) is 21.1. The molecule has 0 spiro atoms. The third-order valence-corrected chi connectivity index (χ3v) is 3.58. The molecule has 21 heavy (non-hydrogen) atoms. The van der Waals surface area contributed by atoms with E-state index >= 15 is 0 Å². The molecular weight excluding hydrogens is 256 g/mol. The van der Waals surface area contributed by atoms with Crippen molar-refractivity contribution < 1.29 is 0 Å². The zero-order valence-corrected chi connectivity index (χ0v) is 13.3. The summed E-state index contributed by atoms with van der Waals surface area (Å²) in [6.07, 6.45) is 0. The van der Waals surface area contributed by atoms with Crippen molar-refractivity contribution >= 4 is 24.9 Å². The van der Waals surface area contributed by atoms with Gasteiger partial charge in [-0.05, 0) is 39.1 Å². The van der Waals surface area contributed by atoms with Gasteiger partial charge in [-0.25, -0.2) is 0 Å². The Morgan fingerprint density at radius 3 is 1.24 bits per heavy atom. The summed E-state index contributed by atoms with van der Waals surface area (Å²) in [5, 5.41) is 3.74. The summed E-state index contributed by atoms with van der Waals surface area (Å²) in [7, 11) is 8.40. The van der Waals surface area contributed by atoms with E-state index in [0.29, 0.717) is 0 Å². The largest absolute Gasteiger partial charge is 0.361 e. The summed E-state index contributed by atoms with van der Waals surface area (Å²) in [6.45, 7) is 0.331. The fraction of sp³-hybridized carbons (Fsp3) is 0.250. The van der Waals surface area contributed by atoms with Gasteiger partial charge in [0, 0.05) is 0 Å². The molecule has 3 nitrogen and oxygen atoms in total. The molecule has 0 atom stereocenters. The van der Waals surface area contributed by atoms with Gasteiger partial charge in [0.1, 0.15) is 0 Å². The Kier molecular flexibility index (Phi) is 5.62. The molecule has 2 rings (SSSR count). The van der Waals surface area contributed by atoms with Crippen molar-refractivity contribution in [1.82, 2.24) is 14.8 Å². The predicted octanol–water partition coefficient (Wildman–Crippen LogP) is 0.490. The number of rotatable bonds is 6. The molecule has 108 valence electrons. The summed E-state index contributed by atoms with van der Waals surface area (Å²) >= 11 is 0. The fourth-order valence-electron chi connectivity index (χ4n) is 2.51. The Labute approximate surface area is 129 Å². The molecule has 0 saturated heterocycles. The van der Waals surface area contributed by atoms with Crippen LogP contribution in [-0.4, -0.2) is 51.8 Å². The maximum atomic E-state index is 3.74. The Morgan fingerprint density at radius 1 is 0.619 bits per heavy atom. The van der Waals surface area contributed by atoms with Crippen LogP contribution in [0.3, 0.4) is 0 Å². The molecule has 2 aromatic rings. The van der Waals surface area contributed by atoms with Gasteiger partial charge in [0.15, 0.2) is 0 Å². The molecular formula is C16H23B2N3. The van der Waals surface area contributed by atoms with Gasteiger partial charge in [0.2, 0.25) is 0 Å². The van der Waals surface area contributed by atoms with Gasteiger partial charge >= 0.3 is 14.0 Å². The first kappa shape index (κ1) is 15.8. The zero-order chi connectivity index (χ0) is 15.2. The van der Waals surface area contributed by atoms with Crippen LogP contribution in [0.25, 0.3) is 0 Å². The quantitative estimate of drug-likeness (QED) is 0.776. The molecule has 0 heterocycles. The van der Waals surface area contributed by atoms with Crippen LogP contribution in [0.2, 0.25) is 0 Å².